The normalized spacial score (nSPS) is 9.80. The molecule has 0 fully saturated rings. The molecule has 0 bridgehead atoms. The van der Waals surface area contributed by atoms with Crippen LogP contribution in [0.4, 0.5) is 0 Å². The van der Waals surface area contributed by atoms with Gasteiger partial charge in [0.05, 0.1) is 0 Å². The second-order valence-corrected chi connectivity index (χ2v) is 4.10. The molecule has 0 aromatic heterocycles. The Balaban J connectivity index is 2.69. The molecule has 0 aliphatic heterocycles. The number of benzene rings is 1. The van der Waals surface area contributed by atoms with E-state index in [9.17, 15) is 0 Å². The molecule has 2 heteroatoms. The van der Waals surface area contributed by atoms with Crippen LogP contribution in [0.5, 0.6) is 0 Å². The molecular formula is C8H8BrI. The monoisotopic (exact) mass is 310 g/mol. The molecule has 0 radical (unpaired) electrons. The zero-order valence-corrected chi connectivity index (χ0v) is 9.22. The van der Waals surface area contributed by atoms with E-state index in [1.165, 1.54) is 9.13 Å². The molecule has 1 aromatic rings. The molecule has 54 valence electrons. The van der Waals surface area contributed by atoms with Crippen molar-refractivity contribution in [2.45, 2.75) is 6.42 Å². The second kappa shape index (κ2) is 4.34. The van der Waals surface area contributed by atoms with Gasteiger partial charge in [-0.05, 0) is 46.7 Å². The molecule has 0 nitrogen and oxygen atoms in total. The average Bonchev–Trinajstić information content (AvgIpc) is 1.95. The molecule has 0 aliphatic rings. The summed E-state index contributed by atoms with van der Waals surface area (Å²) in [6.07, 6.45) is 1.12. The quantitative estimate of drug-likeness (QED) is 0.581. The molecule has 0 N–H and O–H groups in total. The van der Waals surface area contributed by atoms with Crippen molar-refractivity contribution in [2.75, 3.05) is 5.33 Å². The van der Waals surface area contributed by atoms with Crippen LogP contribution in [-0.2, 0) is 6.42 Å². The Hall–Kier alpha value is 0.430. The van der Waals surface area contributed by atoms with Crippen LogP contribution in [0.3, 0.4) is 0 Å². The van der Waals surface area contributed by atoms with Gasteiger partial charge in [-0.1, -0.05) is 28.1 Å². The molecule has 10 heavy (non-hydrogen) atoms. The Morgan fingerprint density at radius 3 is 2.30 bits per heavy atom. The summed E-state index contributed by atoms with van der Waals surface area (Å²) >= 11 is 5.72. The molecule has 0 unspecified atom stereocenters. The van der Waals surface area contributed by atoms with Crippen molar-refractivity contribution in [3.05, 3.63) is 33.4 Å². The van der Waals surface area contributed by atoms with Gasteiger partial charge in [-0.25, -0.2) is 0 Å². The Bertz CT molecular complexity index is 193. The summed E-state index contributed by atoms with van der Waals surface area (Å²) in [4.78, 5) is 0. The third-order valence-corrected chi connectivity index (χ3v) is 2.41. The van der Waals surface area contributed by atoms with E-state index >= 15 is 0 Å². The van der Waals surface area contributed by atoms with Gasteiger partial charge in [0, 0.05) is 8.90 Å². The van der Waals surface area contributed by atoms with E-state index in [0.29, 0.717) is 0 Å². The van der Waals surface area contributed by atoms with Gasteiger partial charge in [0.15, 0.2) is 0 Å². The summed E-state index contributed by atoms with van der Waals surface area (Å²) in [6, 6.07) is 8.61. The number of hydrogen-bond acceptors (Lipinski definition) is 0. The lowest BCUT2D eigenvalue weighted by Gasteiger charge is -1.95. The molecule has 0 atom stereocenters. The summed E-state index contributed by atoms with van der Waals surface area (Å²) in [6.45, 7) is 0. The molecular weight excluding hydrogens is 303 g/mol. The van der Waals surface area contributed by atoms with E-state index in [-0.39, 0.29) is 0 Å². The van der Waals surface area contributed by atoms with Crippen LogP contribution in [0.15, 0.2) is 24.3 Å². The van der Waals surface area contributed by atoms with Gasteiger partial charge in [-0.2, -0.15) is 0 Å². The Morgan fingerprint density at radius 2 is 1.80 bits per heavy atom. The van der Waals surface area contributed by atoms with Crippen molar-refractivity contribution in [2.24, 2.45) is 0 Å². The summed E-state index contributed by atoms with van der Waals surface area (Å²) < 4.78 is 1.30. The highest BCUT2D eigenvalue weighted by Gasteiger charge is 1.89. The predicted octanol–water partition coefficient (Wildman–Crippen LogP) is 3.23. The minimum Gasteiger partial charge on any atom is -0.0924 e. The molecule has 0 saturated heterocycles. The number of hydrogen-bond donors (Lipinski definition) is 0. The number of alkyl halides is 1. The molecule has 0 saturated carbocycles. The van der Waals surface area contributed by atoms with Crippen LogP contribution in [0, 0.1) is 3.57 Å². The van der Waals surface area contributed by atoms with E-state index in [0.717, 1.165) is 11.8 Å². The fourth-order valence-electron chi connectivity index (χ4n) is 0.760. The molecule has 0 aliphatic carbocycles. The first kappa shape index (κ1) is 8.53. The summed E-state index contributed by atoms with van der Waals surface area (Å²) in [5, 5.41) is 1.05. The smallest absolute Gasteiger partial charge is 0.0130 e. The van der Waals surface area contributed by atoms with Gasteiger partial charge in [-0.3, -0.25) is 0 Å². The first-order valence-electron chi connectivity index (χ1n) is 3.13. The first-order chi connectivity index (χ1) is 4.83. The maximum Gasteiger partial charge on any atom is 0.0130 e. The van der Waals surface area contributed by atoms with Crippen LogP contribution < -0.4 is 0 Å². The van der Waals surface area contributed by atoms with Crippen molar-refractivity contribution in [1.82, 2.24) is 0 Å². The van der Waals surface area contributed by atoms with E-state index in [1.807, 2.05) is 0 Å². The van der Waals surface area contributed by atoms with Gasteiger partial charge in [0.1, 0.15) is 0 Å². The molecule has 0 heterocycles. The minimum atomic E-state index is 1.05. The summed E-state index contributed by atoms with van der Waals surface area (Å²) in [5.74, 6) is 0. The van der Waals surface area contributed by atoms with Gasteiger partial charge in [0.2, 0.25) is 0 Å². The van der Waals surface area contributed by atoms with E-state index in [1.54, 1.807) is 0 Å². The highest BCUT2D eigenvalue weighted by atomic mass is 127. The Labute approximate surface area is 83.3 Å². The zero-order valence-electron chi connectivity index (χ0n) is 5.48. The lowest BCUT2D eigenvalue weighted by Crippen LogP contribution is -1.84. The van der Waals surface area contributed by atoms with Crippen LogP contribution in [0.25, 0.3) is 0 Å². The molecule has 1 aromatic carbocycles. The lowest BCUT2D eigenvalue weighted by molar-refractivity contribution is 1.17. The summed E-state index contributed by atoms with van der Waals surface area (Å²) in [5.41, 5.74) is 1.40. The van der Waals surface area contributed by atoms with E-state index in [2.05, 4.69) is 62.8 Å². The second-order valence-electron chi connectivity index (χ2n) is 2.07. The van der Waals surface area contributed by atoms with Crippen LogP contribution in [-0.4, -0.2) is 5.33 Å². The fourth-order valence-corrected chi connectivity index (χ4v) is 1.58. The van der Waals surface area contributed by atoms with Crippen molar-refractivity contribution in [3.8, 4) is 0 Å². The topological polar surface area (TPSA) is 0 Å². The minimum absolute atomic E-state index is 1.05. The largest absolute Gasteiger partial charge is 0.0924 e. The SMILES string of the molecule is BrCCc1ccc(I)cc1. The van der Waals surface area contributed by atoms with Gasteiger partial charge < -0.3 is 0 Å². The summed E-state index contributed by atoms with van der Waals surface area (Å²) in [7, 11) is 0. The van der Waals surface area contributed by atoms with Crippen LogP contribution >= 0.6 is 38.5 Å². The third kappa shape index (κ3) is 2.58. The van der Waals surface area contributed by atoms with Crippen molar-refractivity contribution < 1.29 is 0 Å². The molecule has 1 rings (SSSR count). The first-order valence-corrected chi connectivity index (χ1v) is 5.33. The average molecular weight is 311 g/mol. The van der Waals surface area contributed by atoms with Crippen molar-refractivity contribution in [1.29, 1.82) is 0 Å². The molecule has 0 amide bonds. The molecule has 0 spiro atoms. The van der Waals surface area contributed by atoms with E-state index < -0.39 is 0 Å². The zero-order chi connectivity index (χ0) is 7.40. The fraction of sp³-hybridized carbons (Fsp3) is 0.250. The lowest BCUT2D eigenvalue weighted by atomic mass is 10.2. The van der Waals surface area contributed by atoms with Crippen molar-refractivity contribution >= 4 is 38.5 Å². The van der Waals surface area contributed by atoms with Crippen molar-refractivity contribution in [3.63, 3.8) is 0 Å². The standard InChI is InChI=1S/C8H8BrI/c9-6-5-7-1-3-8(10)4-2-7/h1-4H,5-6H2. The Kier molecular flexibility index (Phi) is 3.70. The highest BCUT2D eigenvalue weighted by molar-refractivity contribution is 14.1. The Morgan fingerprint density at radius 1 is 1.20 bits per heavy atom. The third-order valence-electron chi connectivity index (χ3n) is 1.30. The van der Waals surface area contributed by atoms with Gasteiger partial charge >= 0.3 is 0 Å². The highest BCUT2D eigenvalue weighted by Crippen LogP contribution is 2.07. The maximum absolute atomic E-state index is 3.40. The van der Waals surface area contributed by atoms with E-state index in [4.69, 9.17) is 0 Å². The maximum atomic E-state index is 3.40. The van der Waals surface area contributed by atoms with Gasteiger partial charge in [0.25, 0.3) is 0 Å². The van der Waals surface area contributed by atoms with Gasteiger partial charge in [-0.15, -0.1) is 0 Å². The van der Waals surface area contributed by atoms with Crippen LogP contribution in [0.2, 0.25) is 0 Å². The van der Waals surface area contributed by atoms with Crippen LogP contribution in [0.1, 0.15) is 5.56 Å². The number of halogens is 2. The predicted molar refractivity (Wildman–Crippen MR) is 56.7 cm³/mol. The number of rotatable bonds is 2. The number of aryl methyl sites for hydroxylation is 1.